The van der Waals surface area contributed by atoms with Gasteiger partial charge in [0.25, 0.3) is 0 Å². The quantitative estimate of drug-likeness (QED) is 0.852. The Labute approximate surface area is 117 Å². The Morgan fingerprint density at radius 2 is 1.83 bits per heavy atom. The highest BCUT2D eigenvalue weighted by Gasteiger charge is 2.40. The molecule has 2 aliphatic rings. The van der Waals surface area contributed by atoms with Gasteiger partial charge in [0.05, 0.1) is 0 Å². The standard InChI is InChI=1S/C16H23N.ClH/c1-2-11-17-16-14-9-5-3-7-12(14)13-8-4-6-10-15(13)16;/h3,5,7,9,13,15-17H,2,4,6,8,10-11H2,1H3;1H. The van der Waals surface area contributed by atoms with Crippen LogP contribution in [-0.2, 0) is 0 Å². The molecule has 2 aliphatic carbocycles. The van der Waals surface area contributed by atoms with Crippen LogP contribution in [0.25, 0.3) is 0 Å². The molecule has 0 amide bonds. The second kappa shape index (κ2) is 6.08. The van der Waals surface area contributed by atoms with Crippen molar-refractivity contribution in [2.24, 2.45) is 5.92 Å². The molecule has 0 spiro atoms. The Morgan fingerprint density at radius 1 is 1.11 bits per heavy atom. The first-order chi connectivity index (χ1) is 8.42. The van der Waals surface area contributed by atoms with E-state index in [1.807, 2.05) is 0 Å². The minimum Gasteiger partial charge on any atom is -0.310 e. The maximum absolute atomic E-state index is 3.79. The first kappa shape index (κ1) is 13.9. The van der Waals surface area contributed by atoms with E-state index in [-0.39, 0.29) is 12.4 Å². The summed E-state index contributed by atoms with van der Waals surface area (Å²) < 4.78 is 0. The van der Waals surface area contributed by atoms with Crippen LogP contribution < -0.4 is 5.32 Å². The summed E-state index contributed by atoms with van der Waals surface area (Å²) in [6.07, 6.45) is 6.91. The maximum atomic E-state index is 3.79. The van der Waals surface area contributed by atoms with Gasteiger partial charge in [0.2, 0.25) is 0 Å². The van der Waals surface area contributed by atoms with Gasteiger partial charge in [-0.3, -0.25) is 0 Å². The van der Waals surface area contributed by atoms with Gasteiger partial charge in [0.15, 0.2) is 0 Å². The molecule has 0 heterocycles. The second-order valence-electron chi connectivity index (χ2n) is 5.62. The van der Waals surface area contributed by atoms with Crippen molar-refractivity contribution < 1.29 is 0 Å². The minimum atomic E-state index is 0. The molecule has 1 nitrogen and oxygen atoms in total. The van der Waals surface area contributed by atoms with Gasteiger partial charge in [-0.1, -0.05) is 44.0 Å². The van der Waals surface area contributed by atoms with E-state index in [0.29, 0.717) is 6.04 Å². The molecule has 0 radical (unpaired) electrons. The van der Waals surface area contributed by atoms with Crippen LogP contribution in [0.5, 0.6) is 0 Å². The monoisotopic (exact) mass is 265 g/mol. The molecule has 1 N–H and O–H groups in total. The van der Waals surface area contributed by atoms with Crippen molar-refractivity contribution in [3.63, 3.8) is 0 Å². The van der Waals surface area contributed by atoms with Crippen molar-refractivity contribution in [3.8, 4) is 0 Å². The molecule has 0 aliphatic heterocycles. The van der Waals surface area contributed by atoms with E-state index >= 15 is 0 Å². The first-order valence-electron chi connectivity index (χ1n) is 7.24. The van der Waals surface area contributed by atoms with Crippen LogP contribution in [0.2, 0.25) is 0 Å². The summed E-state index contributed by atoms with van der Waals surface area (Å²) >= 11 is 0. The predicted molar refractivity (Wildman–Crippen MR) is 79.4 cm³/mol. The molecule has 1 fully saturated rings. The van der Waals surface area contributed by atoms with E-state index in [2.05, 4.69) is 36.5 Å². The number of benzene rings is 1. The van der Waals surface area contributed by atoms with E-state index in [1.54, 1.807) is 11.1 Å². The summed E-state index contributed by atoms with van der Waals surface area (Å²) in [5, 5.41) is 3.79. The van der Waals surface area contributed by atoms with E-state index < -0.39 is 0 Å². The third-order valence-corrected chi connectivity index (χ3v) is 4.59. The summed E-state index contributed by atoms with van der Waals surface area (Å²) in [6.45, 7) is 3.41. The zero-order valence-electron chi connectivity index (χ0n) is 11.2. The highest BCUT2D eigenvalue weighted by atomic mass is 35.5. The van der Waals surface area contributed by atoms with Gasteiger partial charge in [0.1, 0.15) is 0 Å². The highest BCUT2D eigenvalue weighted by Crippen LogP contribution is 2.51. The molecule has 1 aromatic carbocycles. The van der Waals surface area contributed by atoms with Gasteiger partial charge in [-0.25, -0.2) is 0 Å². The van der Waals surface area contributed by atoms with E-state index in [0.717, 1.165) is 18.4 Å². The number of nitrogens with one attached hydrogen (secondary N) is 1. The molecule has 1 saturated carbocycles. The molecule has 3 unspecified atom stereocenters. The summed E-state index contributed by atoms with van der Waals surface area (Å²) in [4.78, 5) is 0. The molecule has 2 heteroatoms. The topological polar surface area (TPSA) is 12.0 Å². The summed E-state index contributed by atoms with van der Waals surface area (Å²) in [5.74, 6) is 1.71. The SMILES string of the molecule is CCCNC1c2ccccc2C2CCCCC21.Cl. The second-order valence-corrected chi connectivity index (χ2v) is 5.62. The van der Waals surface area contributed by atoms with Crippen LogP contribution in [0.3, 0.4) is 0 Å². The van der Waals surface area contributed by atoms with E-state index in [4.69, 9.17) is 0 Å². The number of halogens is 1. The van der Waals surface area contributed by atoms with Gasteiger partial charge in [0, 0.05) is 6.04 Å². The normalized spacial score (nSPS) is 29.3. The molecule has 0 saturated heterocycles. The number of rotatable bonds is 3. The Morgan fingerprint density at radius 3 is 2.61 bits per heavy atom. The Bertz CT molecular complexity index is 390. The fourth-order valence-corrected chi connectivity index (χ4v) is 3.87. The van der Waals surface area contributed by atoms with Crippen molar-refractivity contribution in [1.82, 2.24) is 5.32 Å². The Kier molecular flexibility index (Phi) is 4.69. The molecule has 3 atom stereocenters. The summed E-state index contributed by atoms with van der Waals surface area (Å²) in [7, 11) is 0. The minimum absolute atomic E-state index is 0. The van der Waals surface area contributed by atoms with Crippen LogP contribution in [0.15, 0.2) is 24.3 Å². The zero-order chi connectivity index (χ0) is 11.7. The third kappa shape index (κ3) is 2.31. The number of fused-ring (bicyclic) bond motifs is 3. The fourth-order valence-electron chi connectivity index (χ4n) is 3.87. The highest BCUT2D eigenvalue weighted by molar-refractivity contribution is 5.85. The van der Waals surface area contributed by atoms with Crippen LogP contribution in [0, 0.1) is 5.92 Å². The lowest BCUT2D eigenvalue weighted by Gasteiger charge is -2.30. The van der Waals surface area contributed by atoms with E-state index in [1.165, 1.54) is 32.1 Å². The molecule has 18 heavy (non-hydrogen) atoms. The molecular weight excluding hydrogens is 242 g/mol. The fraction of sp³-hybridized carbons (Fsp3) is 0.625. The van der Waals surface area contributed by atoms with Crippen molar-refractivity contribution in [2.45, 2.75) is 51.0 Å². The van der Waals surface area contributed by atoms with Gasteiger partial charge in [-0.2, -0.15) is 0 Å². The van der Waals surface area contributed by atoms with Crippen LogP contribution in [0.4, 0.5) is 0 Å². The zero-order valence-corrected chi connectivity index (χ0v) is 12.0. The van der Waals surface area contributed by atoms with Crippen LogP contribution in [0.1, 0.15) is 62.1 Å². The average molecular weight is 266 g/mol. The van der Waals surface area contributed by atoms with Gasteiger partial charge in [-0.05, 0) is 48.8 Å². The first-order valence-corrected chi connectivity index (χ1v) is 7.24. The molecule has 0 bridgehead atoms. The molecule has 1 aromatic rings. The lowest BCUT2D eigenvalue weighted by Crippen LogP contribution is -2.28. The van der Waals surface area contributed by atoms with Crippen molar-refractivity contribution in [2.75, 3.05) is 6.54 Å². The Balaban J connectivity index is 0.00000120. The molecule has 0 aromatic heterocycles. The summed E-state index contributed by atoms with van der Waals surface area (Å²) in [6, 6.07) is 9.77. The Hall–Kier alpha value is -0.530. The predicted octanol–water partition coefficient (Wildman–Crippen LogP) is 4.44. The van der Waals surface area contributed by atoms with Gasteiger partial charge < -0.3 is 5.32 Å². The molecule has 3 rings (SSSR count). The van der Waals surface area contributed by atoms with Crippen molar-refractivity contribution in [1.29, 1.82) is 0 Å². The van der Waals surface area contributed by atoms with Crippen LogP contribution in [-0.4, -0.2) is 6.54 Å². The largest absolute Gasteiger partial charge is 0.310 e. The average Bonchev–Trinajstić information content (AvgIpc) is 2.71. The molecular formula is C16H24ClN. The van der Waals surface area contributed by atoms with Crippen molar-refractivity contribution in [3.05, 3.63) is 35.4 Å². The van der Waals surface area contributed by atoms with E-state index in [9.17, 15) is 0 Å². The lowest BCUT2D eigenvalue weighted by atomic mass is 9.78. The smallest absolute Gasteiger partial charge is 0.0357 e. The third-order valence-electron chi connectivity index (χ3n) is 4.59. The van der Waals surface area contributed by atoms with Crippen LogP contribution >= 0.6 is 12.4 Å². The summed E-state index contributed by atoms with van der Waals surface area (Å²) in [5.41, 5.74) is 3.24. The number of hydrogen-bond donors (Lipinski definition) is 1. The molecule has 100 valence electrons. The van der Waals surface area contributed by atoms with Crippen molar-refractivity contribution >= 4 is 12.4 Å². The van der Waals surface area contributed by atoms with Gasteiger partial charge in [-0.15, -0.1) is 12.4 Å². The lowest BCUT2D eigenvalue weighted by molar-refractivity contribution is 0.264. The maximum Gasteiger partial charge on any atom is 0.0357 e. The number of hydrogen-bond acceptors (Lipinski definition) is 1. The van der Waals surface area contributed by atoms with Gasteiger partial charge >= 0.3 is 0 Å².